The van der Waals surface area contributed by atoms with Gasteiger partial charge in [-0.25, -0.2) is 0 Å². The van der Waals surface area contributed by atoms with E-state index in [2.05, 4.69) is 32.2 Å². The van der Waals surface area contributed by atoms with Gasteiger partial charge in [0.1, 0.15) is 0 Å². The van der Waals surface area contributed by atoms with Gasteiger partial charge in [0.05, 0.1) is 6.10 Å². The molecule has 1 aromatic rings. The maximum absolute atomic E-state index is 5.96. The van der Waals surface area contributed by atoms with Crippen molar-refractivity contribution in [3.05, 3.63) is 34.9 Å². The molecule has 2 unspecified atom stereocenters. The van der Waals surface area contributed by atoms with Crippen molar-refractivity contribution in [2.45, 2.75) is 39.0 Å². The molecule has 0 amide bonds. The highest BCUT2D eigenvalue weighted by atomic mass is 35.5. The van der Waals surface area contributed by atoms with Gasteiger partial charge in [0.2, 0.25) is 0 Å². The molecule has 1 rings (SSSR count). The van der Waals surface area contributed by atoms with Crippen molar-refractivity contribution in [3.8, 4) is 0 Å². The average Bonchev–Trinajstić information content (AvgIpc) is 2.27. The Bertz CT molecular complexity index is 329. The number of ether oxygens (including phenoxy) is 1. The summed E-state index contributed by atoms with van der Waals surface area (Å²) >= 11 is 5.96. The Morgan fingerprint density at radius 3 is 2.50 bits per heavy atom. The highest BCUT2D eigenvalue weighted by Gasteiger charge is 2.14. The molecule has 0 heterocycles. The van der Waals surface area contributed by atoms with Gasteiger partial charge in [0, 0.05) is 24.2 Å². The minimum atomic E-state index is 0.196. The highest BCUT2D eigenvalue weighted by molar-refractivity contribution is 6.30. The Labute approximate surface area is 103 Å². The molecule has 90 valence electrons. The molecule has 1 N–H and O–H groups in total. The fourth-order valence-electron chi connectivity index (χ4n) is 1.61. The maximum Gasteiger partial charge on any atom is 0.0693 e. The number of benzene rings is 1. The zero-order chi connectivity index (χ0) is 12.1. The topological polar surface area (TPSA) is 21.3 Å². The van der Waals surface area contributed by atoms with Crippen LogP contribution in [0, 0.1) is 0 Å². The Morgan fingerprint density at radius 2 is 1.94 bits per heavy atom. The van der Waals surface area contributed by atoms with Crippen molar-refractivity contribution < 1.29 is 4.74 Å². The van der Waals surface area contributed by atoms with Crippen LogP contribution in [0.1, 0.15) is 32.4 Å². The highest BCUT2D eigenvalue weighted by Crippen LogP contribution is 2.18. The lowest BCUT2D eigenvalue weighted by atomic mass is 10.1. The number of hydrogen-bond acceptors (Lipinski definition) is 2. The van der Waals surface area contributed by atoms with Gasteiger partial charge in [-0.15, -0.1) is 0 Å². The Morgan fingerprint density at radius 1 is 1.25 bits per heavy atom. The third-order valence-corrected chi connectivity index (χ3v) is 3.17. The molecule has 0 aromatic heterocycles. The molecule has 0 aliphatic rings. The SMILES string of the molecule is COC(C)C(C)N[C@H](C)c1cccc(Cl)c1. The van der Waals surface area contributed by atoms with Crippen LogP contribution in [0.5, 0.6) is 0 Å². The number of rotatable bonds is 5. The second-order valence-corrected chi connectivity index (χ2v) is 4.61. The van der Waals surface area contributed by atoms with Crippen molar-refractivity contribution in [3.63, 3.8) is 0 Å². The first-order chi connectivity index (χ1) is 7.54. The fourth-order valence-corrected chi connectivity index (χ4v) is 1.80. The maximum atomic E-state index is 5.96. The van der Waals surface area contributed by atoms with Crippen molar-refractivity contribution >= 4 is 11.6 Å². The van der Waals surface area contributed by atoms with Crippen molar-refractivity contribution in [1.82, 2.24) is 5.32 Å². The Hall–Kier alpha value is -0.570. The Kier molecular flexibility index (Phi) is 5.26. The van der Waals surface area contributed by atoms with Crippen LogP contribution in [0.3, 0.4) is 0 Å². The van der Waals surface area contributed by atoms with Gasteiger partial charge in [-0.2, -0.15) is 0 Å². The molecule has 0 saturated heterocycles. The van der Waals surface area contributed by atoms with Crippen molar-refractivity contribution in [2.75, 3.05) is 7.11 Å². The molecule has 0 saturated carbocycles. The van der Waals surface area contributed by atoms with E-state index in [1.54, 1.807) is 7.11 Å². The number of nitrogens with one attached hydrogen (secondary N) is 1. The zero-order valence-electron chi connectivity index (χ0n) is 10.3. The molecule has 3 atom stereocenters. The third-order valence-electron chi connectivity index (χ3n) is 2.94. The molecule has 0 bridgehead atoms. The van der Waals surface area contributed by atoms with E-state index in [0.717, 1.165) is 5.02 Å². The monoisotopic (exact) mass is 241 g/mol. The van der Waals surface area contributed by atoms with E-state index in [4.69, 9.17) is 16.3 Å². The summed E-state index contributed by atoms with van der Waals surface area (Å²) in [6.07, 6.45) is 0.196. The van der Waals surface area contributed by atoms with Crippen LogP contribution in [0.4, 0.5) is 0 Å². The standard InChI is InChI=1S/C13H20ClNO/c1-9(11(3)16-4)15-10(2)12-6-5-7-13(14)8-12/h5-11,15H,1-4H3/t9?,10-,11?/m1/s1. The smallest absolute Gasteiger partial charge is 0.0693 e. The van der Waals surface area contributed by atoms with Crippen molar-refractivity contribution in [2.24, 2.45) is 0 Å². The van der Waals surface area contributed by atoms with Crippen LogP contribution in [0.15, 0.2) is 24.3 Å². The summed E-state index contributed by atoms with van der Waals surface area (Å²) in [5.41, 5.74) is 1.20. The molecule has 16 heavy (non-hydrogen) atoms. The molecule has 0 radical (unpaired) electrons. The van der Waals surface area contributed by atoms with Gasteiger partial charge < -0.3 is 10.1 Å². The lowest BCUT2D eigenvalue weighted by molar-refractivity contribution is 0.0852. The van der Waals surface area contributed by atoms with Gasteiger partial charge >= 0.3 is 0 Å². The van der Waals surface area contributed by atoms with Crippen LogP contribution in [-0.2, 0) is 4.74 Å². The van der Waals surface area contributed by atoms with E-state index in [1.165, 1.54) is 5.56 Å². The van der Waals surface area contributed by atoms with Gasteiger partial charge in [-0.3, -0.25) is 0 Å². The van der Waals surface area contributed by atoms with Crippen LogP contribution < -0.4 is 5.32 Å². The fraction of sp³-hybridized carbons (Fsp3) is 0.538. The zero-order valence-corrected chi connectivity index (χ0v) is 11.1. The van der Waals surface area contributed by atoms with Crippen molar-refractivity contribution in [1.29, 1.82) is 0 Å². The number of methoxy groups -OCH3 is 1. The van der Waals surface area contributed by atoms with Crippen LogP contribution in [0.2, 0.25) is 5.02 Å². The van der Waals surface area contributed by atoms with Gasteiger partial charge in [0.15, 0.2) is 0 Å². The second kappa shape index (κ2) is 6.24. The largest absolute Gasteiger partial charge is 0.380 e. The molecule has 3 heteroatoms. The molecular formula is C13H20ClNO. The minimum absolute atomic E-state index is 0.196. The normalized spacial score (nSPS) is 16.8. The third kappa shape index (κ3) is 3.78. The van der Waals surface area contributed by atoms with Gasteiger partial charge in [-0.05, 0) is 38.5 Å². The van der Waals surface area contributed by atoms with Crippen LogP contribution in [-0.4, -0.2) is 19.3 Å². The predicted octanol–water partition coefficient (Wildman–Crippen LogP) is 3.41. The van der Waals surface area contributed by atoms with E-state index in [-0.39, 0.29) is 12.1 Å². The van der Waals surface area contributed by atoms with Crippen LogP contribution in [0.25, 0.3) is 0 Å². The summed E-state index contributed by atoms with van der Waals surface area (Å²) in [5.74, 6) is 0. The molecule has 0 aliphatic carbocycles. The van der Waals surface area contributed by atoms with Crippen LogP contribution >= 0.6 is 11.6 Å². The summed E-state index contributed by atoms with van der Waals surface area (Å²) < 4.78 is 5.28. The summed E-state index contributed by atoms with van der Waals surface area (Å²) in [6.45, 7) is 6.31. The first-order valence-electron chi connectivity index (χ1n) is 5.59. The molecule has 2 nitrogen and oxygen atoms in total. The number of halogens is 1. The lowest BCUT2D eigenvalue weighted by Gasteiger charge is -2.24. The molecule has 1 aromatic carbocycles. The molecular weight excluding hydrogens is 222 g/mol. The molecule has 0 aliphatic heterocycles. The quantitative estimate of drug-likeness (QED) is 0.853. The lowest BCUT2D eigenvalue weighted by Crippen LogP contribution is -2.38. The van der Waals surface area contributed by atoms with E-state index in [9.17, 15) is 0 Å². The minimum Gasteiger partial charge on any atom is -0.380 e. The van der Waals surface area contributed by atoms with E-state index in [1.807, 2.05) is 18.2 Å². The summed E-state index contributed by atoms with van der Waals surface area (Å²) in [7, 11) is 1.73. The first kappa shape index (κ1) is 13.5. The van der Waals surface area contributed by atoms with Gasteiger partial charge in [-0.1, -0.05) is 23.7 Å². The number of hydrogen-bond donors (Lipinski definition) is 1. The predicted molar refractivity (Wildman–Crippen MR) is 68.9 cm³/mol. The van der Waals surface area contributed by atoms with E-state index >= 15 is 0 Å². The van der Waals surface area contributed by atoms with Gasteiger partial charge in [0.25, 0.3) is 0 Å². The van der Waals surface area contributed by atoms with E-state index < -0.39 is 0 Å². The summed E-state index contributed by atoms with van der Waals surface area (Å²) in [6, 6.07) is 8.50. The first-order valence-corrected chi connectivity index (χ1v) is 5.96. The summed E-state index contributed by atoms with van der Waals surface area (Å²) in [4.78, 5) is 0. The Balaban J connectivity index is 2.61. The summed E-state index contributed by atoms with van der Waals surface area (Å²) in [5, 5.41) is 4.27. The molecule has 0 spiro atoms. The average molecular weight is 242 g/mol. The second-order valence-electron chi connectivity index (χ2n) is 4.17. The molecule has 0 fully saturated rings. The van der Waals surface area contributed by atoms with E-state index in [0.29, 0.717) is 6.04 Å².